The second-order valence-electron chi connectivity index (χ2n) is 6.05. The quantitative estimate of drug-likeness (QED) is 0.411. The van der Waals surface area contributed by atoms with Gasteiger partial charge in [-0.15, -0.1) is 0 Å². The molecule has 0 atom stereocenters. The number of hydrogen-bond donors (Lipinski definition) is 2. The van der Waals surface area contributed by atoms with Crippen molar-refractivity contribution in [2.75, 3.05) is 12.5 Å². The molecule has 0 aliphatic carbocycles. The Morgan fingerprint density at radius 3 is 2.75 bits per heavy atom. The average molecular weight is 374 g/mol. The number of hydrazone groups is 1. The summed E-state index contributed by atoms with van der Waals surface area (Å²) in [6.45, 7) is 1.82. The van der Waals surface area contributed by atoms with Crippen LogP contribution in [0.5, 0.6) is 11.5 Å². The summed E-state index contributed by atoms with van der Waals surface area (Å²) in [6, 6.07) is 14.8. The molecule has 4 rings (SSSR count). The van der Waals surface area contributed by atoms with Crippen LogP contribution in [0.1, 0.15) is 11.4 Å². The van der Waals surface area contributed by atoms with Crippen molar-refractivity contribution in [3.63, 3.8) is 0 Å². The maximum absolute atomic E-state index is 9.67. The van der Waals surface area contributed by atoms with Crippen molar-refractivity contribution in [3.8, 4) is 17.2 Å². The lowest BCUT2D eigenvalue weighted by atomic mass is 10.2. The molecule has 2 aromatic carbocycles. The van der Waals surface area contributed by atoms with Gasteiger partial charge in [-0.2, -0.15) is 10.2 Å². The van der Waals surface area contributed by atoms with Gasteiger partial charge in [-0.1, -0.05) is 18.2 Å². The number of nitrogens with one attached hydrogen (secondary N) is 1. The fourth-order valence-electron chi connectivity index (χ4n) is 2.80. The van der Waals surface area contributed by atoms with Crippen LogP contribution in [-0.4, -0.2) is 38.2 Å². The van der Waals surface area contributed by atoms with Gasteiger partial charge in [0.1, 0.15) is 5.82 Å². The van der Waals surface area contributed by atoms with E-state index < -0.39 is 0 Å². The Balaban J connectivity index is 1.65. The van der Waals surface area contributed by atoms with E-state index in [2.05, 4.69) is 25.6 Å². The number of benzene rings is 2. The van der Waals surface area contributed by atoms with E-state index in [4.69, 9.17) is 4.74 Å². The van der Waals surface area contributed by atoms with Crippen LogP contribution in [0, 0.1) is 6.92 Å². The zero-order chi connectivity index (χ0) is 19.5. The molecule has 8 nitrogen and oxygen atoms in total. The fraction of sp³-hybridized carbons (Fsp3) is 0.100. The third-order valence-corrected chi connectivity index (χ3v) is 4.13. The predicted molar refractivity (Wildman–Crippen MR) is 107 cm³/mol. The van der Waals surface area contributed by atoms with E-state index in [1.165, 1.54) is 7.11 Å². The molecule has 0 aliphatic heterocycles. The molecule has 0 bridgehead atoms. The van der Waals surface area contributed by atoms with Gasteiger partial charge < -0.3 is 9.84 Å². The molecule has 2 heterocycles. The molecule has 0 saturated carbocycles. The summed E-state index contributed by atoms with van der Waals surface area (Å²) < 4.78 is 6.87. The third kappa shape index (κ3) is 3.35. The Kier molecular flexibility index (Phi) is 4.59. The first-order chi connectivity index (χ1) is 13.7. The summed E-state index contributed by atoms with van der Waals surface area (Å²) in [4.78, 5) is 8.96. The molecule has 140 valence electrons. The minimum Gasteiger partial charge on any atom is -0.504 e. The molecule has 0 spiro atoms. The summed E-state index contributed by atoms with van der Waals surface area (Å²) in [7, 11) is 1.50. The highest BCUT2D eigenvalue weighted by molar-refractivity contribution is 5.88. The molecule has 2 N–H and O–H groups in total. The number of aryl methyl sites for hydroxylation is 1. The highest BCUT2D eigenvalue weighted by Crippen LogP contribution is 2.26. The van der Waals surface area contributed by atoms with Crippen molar-refractivity contribution in [2.45, 2.75) is 6.92 Å². The van der Waals surface area contributed by atoms with Gasteiger partial charge >= 0.3 is 0 Å². The number of aromatic nitrogens is 4. The van der Waals surface area contributed by atoms with Crippen LogP contribution >= 0.6 is 0 Å². The fourth-order valence-corrected chi connectivity index (χ4v) is 2.80. The minimum atomic E-state index is 0.0778. The van der Waals surface area contributed by atoms with Gasteiger partial charge in [0.15, 0.2) is 23.0 Å². The molecule has 0 unspecified atom stereocenters. The number of aromatic hydroxyl groups is 1. The topological polar surface area (TPSA) is 97.5 Å². The van der Waals surface area contributed by atoms with E-state index in [0.717, 1.165) is 16.6 Å². The van der Waals surface area contributed by atoms with Crippen LogP contribution in [-0.2, 0) is 0 Å². The molecule has 8 heteroatoms. The van der Waals surface area contributed by atoms with Gasteiger partial charge in [0, 0.05) is 0 Å². The van der Waals surface area contributed by atoms with E-state index in [9.17, 15) is 5.11 Å². The average Bonchev–Trinajstić information content (AvgIpc) is 3.13. The van der Waals surface area contributed by atoms with Crippen molar-refractivity contribution in [1.29, 1.82) is 0 Å². The summed E-state index contributed by atoms with van der Waals surface area (Å²) >= 11 is 0. The summed E-state index contributed by atoms with van der Waals surface area (Å²) in [5.74, 6) is 1.63. The van der Waals surface area contributed by atoms with Gasteiger partial charge in [-0.3, -0.25) is 5.43 Å². The number of methoxy groups -OCH3 is 1. The Bertz CT molecular complexity index is 1150. The lowest BCUT2D eigenvalue weighted by molar-refractivity contribution is 0.373. The van der Waals surface area contributed by atoms with Gasteiger partial charge in [0.2, 0.25) is 0 Å². The van der Waals surface area contributed by atoms with E-state index in [-0.39, 0.29) is 5.75 Å². The zero-order valence-electron chi connectivity index (χ0n) is 15.4. The summed E-state index contributed by atoms with van der Waals surface area (Å²) in [5, 5.41) is 19.1. The molecule has 4 aromatic rings. The maximum Gasteiger partial charge on any atom is 0.168 e. The molecular formula is C20H18N6O2. The number of anilines is 1. The van der Waals surface area contributed by atoms with Gasteiger partial charge in [-0.25, -0.2) is 14.6 Å². The van der Waals surface area contributed by atoms with E-state index >= 15 is 0 Å². The molecule has 2 aromatic heterocycles. The summed E-state index contributed by atoms with van der Waals surface area (Å²) in [6.07, 6.45) is 3.33. The number of rotatable bonds is 5. The number of nitrogens with zero attached hydrogens (tertiary/aromatic N) is 5. The number of hydrogen-bond acceptors (Lipinski definition) is 7. The zero-order valence-corrected chi connectivity index (χ0v) is 15.4. The Morgan fingerprint density at radius 1 is 1.14 bits per heavy atom. The lowest BCUT2D eigenvalue weighted by Gasteiger charge is -2.06. The van der Waals surface area contributed by atoms with Crippen LogP contribution in [0.2, 0.25) is 0 Å². The standard InChI is InChI=1S/C20H18N6O2/c1-13-23-19(25-21-11-14-8-9-17(27)18(10-14)28-2)16-12-22-26(20(16)24-13)15-6-4-3-5-7-15/h3-12,27H,1-2H3,(H,23,24,25)/b21-11-. The second-order valence-corrected chi connectivity index (χ2v) is 6.05. The van der Waals surface area contributed by atoms with Crippen LogP contribution in [0.3, 0.4) is 0 Å². The minimum absolute atomic E-state index is 0.0778. The largest absolute Gasteiger partial charge is 0.504 e. The van der Waals surface area contributed by atoms with E-state index in [1.807, 2.05) is 37.3 Å². The number of para-hydroxylation sites is 1. The molecule has 28 heavy (non-hydrogen) atoms. The maximum atomic E-state index is 9.67. The predicted octanol–water partition coefficient (Wildman–Crippen LogP) is 3.28. The number of fused-ring (bicyclic) bond motifs is 1. The number of phenols is 1. The van der Waals surface area contributed by atoms with Gasteiger partial charge in [0.25, 0.3) is 0 Å². The highest BCUT2D eigenvalue weighted by Gasteiger charge is 2.12. The second kappa shape index (κ2) is 7.36. The first-order valence-corrected chi connectivity index (χ1v) is 8.59. The molecule has 0 fully saturated rings. The first-order valence-electron chi connectivity index (χ1n) is 8.59. The van der Waals surface area contributed by atoms with Gasteiger partial charge in [-0.05, 0) is 42.8 Å². The van der Waals surface area contributed by atoms with E-state index in [0.29, 0.717) is 23.0 Å². The van der Waals surface area contributed by atoms with Crippen LogP contribution < -0.4 is 10.2 Å². The molecule has 0 aliphatic rings. The molecule has 0 radical (unpaired) electrons. The Morgan fingerprint density at radius 2 is 1.96 bits per heavy atom. The number of phenolic OH excluding ortho intramolecular Hbond substituents is 1. The monoisotopic (exact) mass is 374 g/mol. The van der Waals surface area contributed by atoms with Crippen molar-refractivity contribution >= 4 is 23.1 Å². The van der Waals surface area contributed by atoms with Crippen molar-refractivity contribution in [1.82, 2.24) is 19.7 Å². The number of ether oxygens (including phenoxy) is 1. The molecule has 0 amide bonds. The highest BCUT2D eigenvalue weighted by atomic mass is 16.5. The third-order valence-electron chi connectivity index (χ3n) is 4.13. The van der Waals surface area contributed by atoms with Crippen molar-refractivity contribution < 1.29 is 9.84 Å². The van der Waals surface area contributed by atoms with Crippen molar-refractivity contribution in [2.24, 2.45) is 5.10 Å². The first kappa shape index (κ1) is 17.5. The Hall–Kier alpha value is -3.94. The lowest BCUT2D eigenvalue weighted by Crippen LogP contribution is -2.01. The van der Waals surface area contributed by atoms with Crippen LogP contribution in [0.25, 0.3) is 16.7 Å². The smallest absolute Gasteiger partial charge is 0.168 e. The van der Waals surface area contributed by atoms with E-state index in [1.54, 1.807) is 35.3 Å². The Labute approximate surface area is 161 Å². The van der Waals surface area contributed by atoms with Crippen molar-refractivity contribution in [3.05, 3.63) is 66.1 Å². The molecular weight excluding hydrogens is 356 g/mol. The SMILES string of the molecule is COc1cc(/C=N\Nc2nc(C)nc3c2cnn3-c2ccccc2)ccc1O. The normalized spacial score (nSPS) is 11.2. The molecule has 0 saturated heterocycles. The van der Waals surface area contributed by atoms with Gasteiger partial charge in [0.05, 0.1) is 30.6 Å². The van der Waals surface area contributed by atoms with Crippen LogP contribution in [0.15, 0.2) is 59.8 Å². The summed E-state index contributed by atoms with van der Waals surface area (Å²) in [5.41, 5.74) is 5.34. The van der Waals surface area contributed by atoms with Crippen LogP contribution in [0.4, 0.5) is 5.82 Å².